The van der Waals surface area contributed by atoms with Crippen molar-refractivity contribution in [3.05, 3.63) is 0 Å². The van der Waals surface area contributed by atoms with Crippen LogP contribution < -0.4 is 5.32 Å². The van der Waals surface area contributed by atoms with Gasteiger partial charge in [-0.2, -0.15) is 0 Å². The van der Waals surface area contributed by atoms with E-state index in [1.165, 1.54) is 0 Å². The third-order valence-corrected chi connectivity index (χ3v) is 3.18. The zero-order valence-electron chi connectivity index (χ0n) is 8.84. The van der Waals surface area contributed by atoms with Crippen LogP contribution >= 0.6 is 0 Å². The van der Waals surface area contributed by atoms with Gasteiger partial charge in [0.05, 0.1) is 11.0 Å². The molecule has 4 nitrogen and oxygen atoms in total. The highest BCUT2D eigenvalue weighted by molar-refractivity contribution is 5.75. The molecule has 1 aliphatic rings. The number of hydrogen-bond donors (Lipinski definition) is 3. The van der Waals surface area contributed by atoms with Gasteiger partial charge in [-0.1, -0.05) is 6.92 Å². The van der Waals surface area contributed by atoms with Crippen LogP contribution in [0.1, 0.15) is 33.1 Å². The molecule has 0 aromatic carbocycles. The Hall–Kier alpha value is -0.610. The van der Waals surface area contributed by atoms with Crippen LogP contribution in [0.5, 0.6) is 0 Å². The summed E-state index contributed by atoms with van der Waals surface area (Å²) in [5, 5.41) is 22.1. The van der Waals surface area contributed by atoms with Gasteiger partial charge in [0.1, 0.15) is 0 Å². The van der Waals surface area contributed by atoms with Gasteiger partial charge in [-0.15, -0.1) is 0 Å². The number of aliphatic hydroxyl groups is 1. The van der Waals surface area contributed by atoms with E-state index < -0.39 is 17.0 Å². The molecule has 0 aromatic rings. The largest absolute Gasteiger partial charge is 0.481 e. The highest BCUT2D eigenvalue weighted by atomic mass is 16.4. The van der Waals surface area contributed by atoms with Gasteiger partial charge in [0.25, 0.3) is 0 Å². The minimum atomic E-state index is -0.871. The molecule has 0 aliphatic carbocycles. The van der Waals surface area contributed by atoms with Gasteiger partial charge in [0.15, 0.2) is 0 Å². The summed E-state index contributed by atoms with van der Waals surface area (Å²) in [5.74, 6) is -0.795. The van der Waals surface area contributed by atoms with Gasteiger partial charge in [0, 0.05) is 6.54 Å². The lowest BCUT2D eigenvalue weighted by Gasteiger charge is -2.31. The van der Waals surface area contributed by atoms with Crippen LogP contribution in [-0.2, 0) is 4.79 Å². The van der Waals surface area contributed by atoms with Crippen molar-refractivity contribution in [3.63, 3.8) is 0 Å². The molecular formula is C10H19NO3. The predicted octanol–water partition coefficient (Wildman–Crippen LogP) is 0.602. The zero-order chi connectivity index (χ0) is 10.8. The van der Waals surface area contributed by atoms with Crippen LogP contribution in [0.15, 0.2) is 0 Å². The molecule has 0 bridgehead atoms. The summed E-state index contributed by atoms with van der Waals surface area (Å²) in [7, 11) is 0. The number of carboxylic acid groups (broad SMARTS) is 1. The maximum atomic E-state index is 11.2. The van der Waals surface area contributed by atoms with Crippen molar-refractivity contribution in [2.45, 2.75) is 38.7 Å². The van der Waals surface area contributed by atoms with Crippen LogP contribution in [0.3, 0.4) is 0 Å². The smallest absolute Gasteiger partial charge is 0.311 e. The first-order valence-corrected chi connectivity index (χ1v) is 5.08. The summed E-state index contributed by atoms with van der Waals surface area (Å²) in [5.41, 5.74) is -1.63. The average Bonchev–Trinajstić information content (AvgIpc) is 2.53. The molecule has 14 heavy (non-hydrogen) atoms. The molecule has 4 heteroatoms. The molecule has 2 unspecified atom stereocenters. The Labute approximate surface area is 84.3 Å². The lowest BCUT2D eigenvalue weighted by molar-refractivity contribution is -0.151. The van der Waals surface area contributed by atoms with Crippen molar-refractivity contribution in [2.75, 3.05) is 13.1 Å². The highest BCUT2D eigenvalue weighted by Crippen LogP contribution is 2.36. The minimum absolute atomic E-state index is 0.332. The normalized spacial score (nSPS) is 31.4. The van der Waals surface area contributed by atoms with Crippen molar-refractivity contribution >= 4 is 5.97 Å². The van der Waals surface area contributed by atoms with Crippen molar-refractivity contribution in [1.82, 2.24) is 5.32 Å². The van der Waals surface area contributed by atoms with E-state index in [4.69, 9.17) is 0 Å². The molecule has 0 spiro atoms. The molecule has 82 valence electrons. The fourth-order valence-corrected chi connectivity index (χ4v) is 2.01. The number of carbonyl (C=O) groups is 1. The number of rotatable bonds is 4. The molecule has 1 heterocycles. The Morgan fingerprint density at radius 1 is 1.64 bits per heavy atom. The van der Waals surface area contributed by atoms with Crippen molar-refractivity contribution in [3.8, 4) is 0 Å². The van der Waals surface area contributed by atoms with Gasteiger partial charge in [-0.25, -0.2) is 0 Å². The third kappa shape index (κ3) is 2.25. The van der Waals surface area contributed by atoms with E-state index in [1.807, 2.05) is 6.92 Å². The van der Waals surface area contributed by atoms with E-state index in [0.717, 1.165) is 6.54 Å². The summed E-state index contributed by atoms with van der Waals surface area (Å²) in [4.78, 5) is 11.2. The van der Waals surface area contributed by atoms with Crippen LogP contribution in [-0.4, -0.2) is 34.9 Å². The number of aliphatic carboxylic acids is 1. The first kappa shape index (κ1) is 11.5. The molecule has 0 radical (unpaired) electrons. The average molecular weight is 201 g/mol. The summed E-state index contributed by atoms with van der Waals surface area (Å²) in [6.07, 6.45) is 1.53. The van der Waals surface area contributed by atoms with E-state index >= 15 is 0 Å². The second-order valence-corrected chi connectivity index (χ2v) is 4.54. The minimum Gasteiger partial charge on any atom is -0.481 e. The SMILES string of the molecule is CCC(C)(O)CC1(C(=O)O)CCNC1. The molecule has 3 N–H and O–H groups in total. The van der Waals surface area contributed by atoms with E-state index in [1.54, 1.807) is 6.92 Å². The molecular weight excluding hydrogens is 182 g/mol. The predicted molar refractivity (Wildman–Crippen MR) is 53.1 cm³/mol. The second kappa shape index (κ2) is 3.87. The molecule has 0 saturated carbocycles. The summed E-state index contributed by atoms with van der Waals surface area (Å²) < 4.78 is 0. The van der Waals surface area contributed by atoms with Gasteiger partial charge < -0.3 is 15.5 Å². The van der Waals surface area contributed by atoms with E-state index in [9.17, 15) is 15.0 Å². The van der Waals surface area contributed by atoms with Crippen LogP contribution in [0.4, 0.5) is 0 Å². The Morgan fingerprint density at radius 3 is 2.64 bits per heavy atom. The summed E-state index contributed by atoms with van der Waals surface area (Å²) in [6.45, 7) is 4.78. The number of nitrogens with one attached hydrogen (secondary N) is 1. The summed E-state index contributed by atoms with van der Waals surface area (Å²) >= 11 is 0. The lowest BCUT2D eigenvalue weighted by atomic mass is 9.76. The van der Waals surface area contributed by atoms with Gasteiger partial charge in [-0.05, 0) is 32.7 Å². The van der Waals surface area contributed by atoms with Crippen LogP contribution in [0.2, 0.25) is 0 Å². The van der Waals surface area contributed by atoms with E-state index in [2.05, 4.69) is 5.32 Å². The fourth-order valence-electron chi connectivity index (χ4n) is 2.01. The molecule has 1 rings (SSSR count). The van der Waals surface area contributed by atoms with Crippen LogP contribution in [0.25, 0.3) is 0 Å². The third-order valence-electron chi connectivity index (χ3n) is 3.18. The Bertz CT molecular complexity index is 219. The van der Waals surface area contributed by atoms with Crippen LogP contribution in [0, 0.1) is 5.41 Å². The highest BCUT2D eigenvalue weighted by Gasteiger charge is 2.45. The summed E-state index contributed by atoms with van der Waals surface area (Å²) in [6, 6.07) is 0. The van der Waals surface area contributed by atoms with Crippen molar-refractivity contribution < 1.29 is 15.0 Å². The van der Waals surface area contributed by atoms with E-state index in [-0.39, 0.29) is 0 Å². The Balaban J connectivity index is 2.75. The van der Waals surface area contributed by atoms with Crippen molar-refractivity contribution in [2.24, 2.45) is 5.41 Å². The monoisotopic (exact) mass is 201 g/mol. The van der Waals surface area contributed by atoms with E-state index in [0.29, 0.717) is 25.8 Å². The Morgan fingerprint density at radius 2 is 2.29 bits per heavy atom. The zero-order valence-corrected chi connectivity index (χ0v) is 8.84. The number of hydrogen-bond acceptors (Lipinski definition) is 3. The molecule has 0 aromatic heterocycles. The quantitative estimate of drug-likeness (QED) is 0.623. The molecule has 1 saturated heterocycles. The lowest BCUT2D eigenvalue weighted by Crippen LogP contribution is -2.41. The van der Waals surface area contributed by atoms with Gasteiger partial charge >= 0.3 is 5.97 Å². The maximum absolute atomic E-state index is 11.2. The molecule has 2 atom stereocenters. The van der Waals surface area contributed by atoms with Gasteiger partial charge in [-0.3, -0.25) is 4.79 Å². The number of carboxylic acids is 1. The fraction of sp³-hybridized carbons (Fsp3) is 0.900. The molecule has 0 amide bonds. The van der Waals surface area contributed by atoms with Crippen molar-refractivity contribution in [1.29, 1.82) is 0 Å². The first-order chi connectivity index (χ1) is 6.42. The molecule has 1 fully saturated rings. The second-order valence-electron chi connectivity index (χ2n) is 4.54. The topological polar surface area (TPSA) is 69.6 Å². The maximum Gasteiger partial charge on any atom is 0.311 e. The Kier molecular flexibility index (Phi) is 3.17. The standard InChI is InChI=1S/C10H19NO3/c1-3-9(2,14)6-10(8(12)13)4-5-11-7-10/h11,14H,3-7H2,1-2H3,(H,12,13). The van der Waals surface area contributed by atoms with Gasteiger partial charge in [0.2, 0.25) is 0 Å². The first-order valence-electron chi connectivity index (χ1n) is 5.08. The molecule has 1 aliphatic heterocycles.